The number of thioether (sulfide) groups is 1. The third kappa shape index (κ3) is 5.57. The number of amidine groups is 1. The van der Waals surface area contributed by atoms with Gasteiger partial charge in [0.1, 0.15) is 0 Å². The molecule has 0 bridgehead atoms. The van der Waals surface area contributed by atoms with Crippen LogP contribution in [0.15, 0.2) is 53.5 Å². The van der Waals surface area contributed by atoms with Gasteiger partial charge in [0.05, 0.1) is 22.3 Å². The van der Waals surface area contributed by atoms with E-state index in [2.05, 4.69) is 16.4 Å². The van der Waals surface area contributed by atoms with Gasteiger partial charge < -0.3 is 11.1 Å². The standard InChI is InChI=1S/C16H13ClN4S2/c17-13-6-1-2-7-14(13)20-16(22)21-15(19)23-10-12-5-3-4-11(8-12)9-18/h1-8H,10H2,(H3,19,20,21,22). The first-order valence-electron chi connectivity index (χ1n) is 6.60. The molecule has 0 aliphatic carbocycles. The van der Waals surface area contributed by atoms with Gasteiger partial charge in [-0.3, -0.25) is 0 Å². The molecule has 4 nitrogen and oxygen atoms in total. The Bertz CT molecular complexity index is 784. The molecule has 0 spiro atoms. The fourth-order valence-corrected chi connectivity index (χ4v) is 2.83. The SMILES string of the molecule is N#Cc1cccc(CS/C(N)=N/C(=S)Nc2ccccc2Cl)c1. The van der Waals surface area contributed by atoms with Crippen molar-refractivity contribution in [1.82, 2.24) is 0 Å². The summed E-state index contributed by atoms with van der Waals surface area (Å²) in [5, 5.41) is 13.0. The number of hydrogen-bond donors (Lipinski definition) is 2. The molecule has 2 aromatic carbocycles. The summed E-state index contributed by atoms with van der Waals surface area (Å²) >= 11 is 12.5. The van der Waals surface area contributed by atoms with Crippen LogP contribution in [0, 0.1) is 11.3 Å². The Balaban J connectivity index is 1.93. The molecule has 0 amide bonds. The van der Waals surface area contributed by atoms with Crippen molar-refractivity contribution >= 4 is 51.5 Å². The van der Waals surface area contributed by atoms with Gasteiger partial charge in [0.25, 0.3) is 0 Å². The molecule has 0 aliphatic heterocycles. The van der Waals surface area contributed by atoms with Crippen molar-refractivity contribution in [2.45, 2.75) is 5.75 Å². The van der Waals surface area contributed by atoms with Crippen molar-refractivity contribution in [3.05, 3.63) is 64.7 Å². The molecule has 0 fully saturated rings. The summed E-state index contributed by atoms with van der Waals surface area (Å²) in [5.41, 5.74) is 8.17. The average molecular weight is 361 g/mol. The van der Waals surface area contributed by atoms with Crippen LogP contribution in [0.25, 0.3) is 0 Å². The third-order valence-electron chi connectivity index (χ3n) is 2.77. The van der Waals surface area contributed by atoms with Crippen molar-refractivity contribution in [2.24, 2.45) is 10.7 Å². The highest BCUT2D eigenvalue weighted by Gasteiger charge is 2.03. The number of nitriles is 1. The number of benzene rings is 2. The minimum atomic E-state index is 0.244. The number of thiocarbonyl (C=S) groups is 1. The van der Waals surface area contributed by atoms with E-state index >= 15 is 0 Å². The molecule has 0 aromatic heterocycles. The monoisotopic (exact) mass is 360 g/mol. The van der Waals surface area contributed by atoms with Crippen molar-refractivity contribution in [1.29, 1.82) is 5.26 Å². The highest BCUT2D eigenvalue weighted by Crippen LogP contribution is 2.20. The van der Waals surface area contributed by atoms with E-state index in [1.165, 1.54) is 11.8 Å². The Kier molecular flexibility index (Phi) is 6.41. The minimum Gasteiger partial charge on any atom is -0.378 e. The van der Waals surface area contributed by atoms with Gasteiger partial charge in [0, 0.05) is 5.75 Å². The predicted octanol–water partition coefficient (Wildman–Crippen LogP) is 4.16. The van der Waals surface area contributed by atoms with Gasteiger partial charge in [-0.1, -0.05) is 47.6 Å². The van der Waals surface area contributed by atoms with Crippen molar-refractivity contribution in [3.8, 4) is 6.07 Å². The maximum absolute atomic E-state index is 8.88. The van der Waals surface area contributed by atoms with Gasteiger partial charge in [-0.05, 0) is 42.0 Å². The molecule has 2 rings (SSSR count). The second-order valence-corrected chi connectivity index (χ2v) is 6.25. The summed E-state index contributed by atoms with van der Waals surface area (Å²) in [6.45, 7) is 0. The second kappa shape index (κ2) is 8.53. The van der Waals surface area contributed by atoms with E-state index in [4.69, 9.17) is 34.8 Å². The number of halogens is 1. The average Bonchev–Trinajstić information content (AvgIpc) is 2.55. The summed E-state index contributed by atoms with van der Waals surface area (Å²) in [5.74, 6) is 0.611. The number of para-hydroxylation sites is 1. The lowest BCUT2D eigenvalue weighted by Crippen LogP contribution is -2.14. The molecule has 23 heavy (non-hydrogen) atoms. The number of aliphatic imine (C=N–C) groups is 1. The Labute approximate surface area is 149 Å². The van der Waals surface area contributed by atoms with Gasteiger partial charge in [-0.2, -0.15) is 10.3 Å². The van der Waals surface area contributed by atoms with Gasteiger partial charge in [0.15, 0.2) is 10.3 Å². The van der Waals surface area contributed by atoms with Gasteiger partial charge in [-0.15, -0.1) is 0 Å². The maximum Gasteiger partial charge on any atom is 0.199 e. The minimum absolute atomic E-state index is 0.244. The van der Waals surface area contributed by atoms with E-state index in [0.29, 0.717) is 27.2 Å². The lowest BCUT2D eigenvalue weighted by Gasteiger charge is -2.07. The molecular formula is C16H13ClN4S2. The van der Waals surface area contributed by atoms with E-state index < -0.39 is 0 Å². The molecule has 0 saturated heterocycles. The van der Waals surface area contributed by atoms with Crippen LogP contribution < -0.4 is 11.1 Å². The van der Waals surface area contributed by atoms with Crippen LogP contribution in [0.4, 0.5) is 5.69 Å². The lowest BCUT2D eigenvalue weighted by molar-refractivity contribution is 1.39. The summed E-state index contributed by atoms with van der Waals surface area (Å²) in [6.07, 6.45) is 0. The van der Waals surface area contributed by atoms with Crippen molar-refractivity contribution in [3.63, 3.8) is 0 Å². The molecule has 0 saturated carbocycles. The molecule has 3 N–H and O–H groups in total. The quantitative estimate of drug-likeness (QED) is 0.488. The summed E-state index contributed by atoms with van der Waals surface area (Å²) in [6, 6.07) is 16.7. The molecule has 0 aliphatic rings. The van der Waals surface area contributed by atoms with Crippen LogP contribution in [0.1, 0.15) is 11.1 Å². The first-order chi connectivity index (χ1) is 11.1. The first-order valence-corrected chi connectivity index (χ1v) is 8.37. The molecule has 0 unspecified atom stereocenters. The van der Waals surface area contributed by atoms with Crippen LogP contribution in [0.3, 0.4) is 0 Å². The smallest absolute Gasteiger partial charge is 0.199 e. The lowest BCUT2D eigenvalue weighted by atomic mass is 10.2. The maximum atomic E-state index is 8.88. The predicted molar refractivity (Wildman–Crippen MR) is 102 cm³/mol. The number of nitrogens with one attached hydrogen (secondary N) is 1. The van der Waals surface area contributed by atoms with Crippen LogP contribution in [-0.2, 0) is 5.75 Å². The largest absolute Gasteiger partial charge is 0.378 e. The normalized spacial score (nSPS) is 10.9. The Morgan fingerprint density at radius 2 is 2.09 bits per heavy atom. The van der Waals surface area contributed by atoms with Gasteiger partial charge in [0.2, 0.25) is 0 Å². The fourth-order valence-electron chi connectivity index (χ4n) is 1.73. The molecule has 0 atom stereocenters. The summed E-state index contributed by atoms with van der Waals surface area (Å²) < 4.78 is 0. The molecule has 2 aromatic rings. The topological polar surface area (TPSA) is 74.2 Å². The van der Waals surface area contributed by atoms with Crippen molar-refractivity contribution < 1.29 is 0 Å². The van der Waals surface area contributed by atoms with Crippen molar-refractivity contribution in [2.75, 3.05) is 5.32 Å². The molecule has 0 radical (unpaired) electrons. The van der Waals surface area contributed by atoms with E-state index in [1.807, 2.05) is 30.3 Å². The zero-order chi connectivity index (χ0) is 16.7. The van der Waals surface area contributed by atoms with E-state index in [1.54, 1.807) is 18.2 Å². The third-order valence-corrected chi connectivity index (χ3v) is 4.16. The molecular weight excluding hydrogens is 348 g/mol. The highest BCUT2D eigenvalue weighted by molar-refractivity contribution is 8.13. The van der Waals surface area contributed by atoms with E-state index in [0.717, 1.165) is 5.56 Å². The van der Waals surface area contributed by atoms with Crippen LogP contribution in [0.5, 0.6) is 0 Å². The number of nitrogens with two attached hydrogens (primary N) is 1. The second-order valence-electron chi connectivity index (χ2n) is 4.46. The number of anilines is 1. The molecule has 7 heteroatoms. The van der Waals surface area contributed by atoms with Crippen LogP contribution >= 0.6 is 35.6 Å². The fraction of sp³-hybridized carbons (Fsp3) is 0.0625. The zero-order valence-corrected chi connectivity index (χ0v) is 14.4. The Hall–Kier alpha value is -2.07. The number of nitrogens with zero attached hydrogens (tertiary/aromatic N) is 2. The van der Waals surface area contributed by atoms with Gasteiger partial charge >= 0.3 is 0 Å². The number of rotatable bonds is 3. The van der Waals surface area contributed by atoms with Crippen LogP contribution in [0.2, 0.25) is 5.02 Å². The van der Waals surface area contributed by atoms with Gasteiger partial charge in [-0.25, -0.2) is 0 Å². The molecule has 116 valence electrons. The molecule has 0 heterocycles. The highest BCUT2D eigenvalue weighted by atomic mass is 35.5. The Morgan fingerprint density at radius 1 is 1.30 bits per heavy atom. The van der Waals surface area contributed by atoms with Crippen LogP contribution in [-0.4, -0.2) is 10.3 Å². The van der Waals surface area contributed by atoms with E-state index in [9.17, 15) is 0 Å². The number of hydrogen-bond acceptors (Lipinski definition) is 3. The first kappa shape index (κ1) is 17.3. The Morgan fingerprint density at radius 3 is 2.83 bits per heavy atom. The zero-order valence-electron chi connectivity index (χ0n) is 12.0. The van der Waals surface area contributed by atoms with E-state index in [-0.39, 0.29) is 5.11 Å². The summed E-state index contributed by atoms with van der Waals surface area (Å²) in [4.78, 5) is 4.13. The summed E-state index contributed by atoms with van der Waals surface area (Å²) in [7, 11) is 0.